The largest absolute Gasteiger partial charge is 0.392 e. The fourth-order valence-electron chi connectivity index (χ4n) is 2.69. The Kier molecular flexibility index (Phi) is 15.1. The zero-order valence-electron chi connectivity index (χ0n) is 18.7. The molecule has 10 nitrogen and oxygen atoms in total. The minimum absolute atomic E-state index is 0.000201. The molecule has 0 radical (unpaired) electrons. The van der Waals surface area contributed by atoms with Crippen molar-refractivity contribution < 1.29 is 37.3 Å². The highest BCUT2D eigenvalue weighted by Crippen LogP contribution is 2.16. The zero-order chi connectivity index (χ0) is 23.7. The van der Waals surface area contributed by atoms with Crippen molar-refractivity contribution in [3.8, 4) is 0 Å². The summed E-state index contributed by atoms with van der Waals surface area (Å²) in [5, 5.41) is 12.7. The molecule has 0 saturated carbocycles. The lowest BCUT2D eigenvalue weighted by Crippen LogP contribution is -2.28. The Morgan fingerprint density at radius 3 is 2.38 bits per heavy atom. The second-order valence-corrected chi connectivity index (χ2v) is 9.01. The van der Waals surface area contributed by atoms with E-state index in [9.17, 15) is 18.3 Å². The lowest BCUT2D eigenvalue weighted by molar-refractivity contribution is 0.0166. The predicted octanol–water partition coefficient (Wildman–Crippen LogP) is -0.0139. The first-order valence-electron chi connectivity index (χ1n) is 10.6. The predicted molar refractivity (Wildman–Crippen MR) is 119 cm³/mol. The van der Waals surface area contributed by atoms with Gasteiger partial charge in [-0.05, 0) is 31.0 Å². The van der Waals surface area contributed by atoms with E-state index in [4.69, 9.17) is 24.7 Å². The summed E-state index contributed by atoms with van der Waals surface area (Å²) >= 11 is 0. The molecule has 0 aliphatic rings. The summed E-state index contributed by atoms with van der Waals surface area (Å²) in [6.07, 6.45) is -0.111. The average Bonchev–Trinajstić information content (AvgIpc) is 2.77. The molecule has 0 spiro atoms. The summed E-state index contributed by atoms with van der Waals surface area (Å²) in [4.78, 5) is 12.3. The van der Waals surface area contributed by atoms with Crippen LogP contribution in [0.25, 0.3) is 0 Å². The van der Waals surface area contributed by atoms with Crippen LogP contribution in [0.15, 0.2) is 29.2 Å². The van der Waals surface area contributed by atoms with Crippen molar-refractivity contribution in [2.45, 2.75) is 23.8 Å². The van der Waals surface area contributed by atoms with E-state index in [-0.39, 0.29) is 17.0 Å². The molecule has 0 fully saturated rings. The maximum atomic E-state index is 12.5. The van der Waals surface area contributed by atoms with Crippen molar-refractivity contribution in [2.24, 2.45) is 5.73 Å². The molecule has 32 heavy (non-hydrogen) atoms. The number of rotatable bonds is 19. The number of carbonyl (C=O) groups excluding carboxylic acids is 1. The van der Waals surface area contributed by atoms with Crippen LogP contribution in [0.4, 0.5) is 0 Å². The molecule has 0 heterocycles. The Labute approximate surface area is 190 Å². The molecule has 1 amide bonds. The van der Waals surface area contributed by atoms with Crippen LogP contribution in [0.1, 0.15) is 23.2 Å². The highest BCUT2D eigenvalue weighted by Gasteiger charge is 2.21. The first-order valence-corrected chi connectivity index (χ1v) is 12.3. The summed E-state index contributed by atoms with van der Waals surface area (Å²) < 4.78 is 45.8. The number of hydrogen-bond acceptors (Lipinski definition) is 9. The Morgan fingerprint density at radius 1 is 1.06 bits per heavy atom. The first-order chi connectivity index (χ1) is 15.4. The molecule has 1 atom stereocenters. The number of carbonyl (C=O) groups is 1. The molecule has 1 aromatic rings. The van der Waals surface area contributed by atoms with E-state index < -0.39 is 27.6 Å². The minimum atomic E-state index is -3.72. The number of nitrogens with one attached hydrogen (secondary N) is 1. The number of aliphatic hydroxyl groups is 1. The summed E-state index contributed by atoms with van der Waals surface area (Å²) in [6.45, 7) is 3.74. The first kappa shape index (κ1) is 28.4. The Hall–Kier alpha value is -1.60. The van der Waals surface area contributed by atoms with Crippen molar-refractivity contribution in [1.29, 1.82) is 0 Å². The quantitative estimate of drug-likeness (QED) is 0.235. The zero-order valence-corrected chi connectivity index (χ0v) is 19.5. The van der Waals surface area contributed by atoms with Crippen LogP contribution in [0.3, 0.4) is 0 Å². The Bertz CT molecular complexity index is 745. The number of hydrogen-bond donors (Lipinski definition) is 3. The van der Waals surface area contributed by atoms with Gasteiger partial charge >= 0.3 is 0 Å². The van der Waals surface area contributed by atoms with E-state index in [0.29, 0.717) is 65.6 Å². The average molecular weight is 477 g/mol. The maximum absolute atomic E-state index is 12.5. The van der Waals surface area contributed by atoms with Crippen LogP contribution >= 0.6 is 0 Å². The number of nitrogens with two attached hydrogens (primary N) is 1. The third-order valence-electron chi connectivity index (χ3n) is 4.29. The Balaban J connectivity index is 2.34. The molecule has 0 aliphatic carbocycles. The summed E-state index contributed by atoms with van der Waals surface area (Å²) in [6, 6.07) is 5.77. The van der Waals surface area contributed by atoms with Gasteiger partial charge in [0.05, 0.1) is 56.4 Å². The number of aliphatic hydroxyl groups excluding tert-OH is 1. The molecule has 0 bridgehead atoms. The molecule has 184 valence electrons. The van der Waals surface area contributed by atoms with Crippen LogP contribution in [-0.4, -0.2) is 97.7 Å². The van der Waals surface area contributed by atoms with Crippen molar-refractivity contribution in [2.75, 3.05) is 72.2 Å². The van der Waals surface area contributed by atoms with Crippen molar-refractivity contribution in [1.82, 2.24) is 5.32 Å². The molecule has 11 heteroatoms. The molecular formula is C21H36N2O8S. The summed E-state index contributed by atoms with van der Waals surface area (Å²) in [5.74, 6) is -0.809. The molecule has 0 saturated heterocycles. The van der Waals surface area contributed by atoms with Gasteiger partial charge in [-0.2, -0.15) is 0 Å². The van der Waals surface area contributed by atoms with Gasteiger partial charge in [0.2, 0.25) is 0 Å². The number of methoxy groups -OCH3 is 1. The van der Waals surface area contributed by atoms with Gasteiger partial charge in [-0.3, -0.25) is 4.79 Å². The third-order valence-corrected chi connectivity index (χ3v) is 6.09. The molecular weight excluding hydrogens is 440 g/mol. The van der Waals surface area contributed by atoms with E-state index >= 15 is 0 Å². The third kappa shape index (κ3) is 12.4. The van der Waals surface area contributed by atoms with Gasteiger partial charge in [0.25, 0.3) is 5.91 Å². The maximum Gasteiger partial charge on any atom is 0.251 e. The topological polar surface area (TPSA) is 146 Å². The summed E-state index contributed by atoms with van der Waals surface area (Å²) in [5.41, 5.74) is 5.53. The van der Waals surface area contributed by atoms with Gasteiger partial charge in [-0.1, -0.05) is 6.07 Å². The van der Waals surface area contributed by atoms with Crippen LogP contribution in [0.2, 0.25) is 0 Å². The lowest BCUT2D eigenvalue weighted by atomic mass is 10.2. The number of benzene rings is 1. The molecule has 1 unspecified atom stereocenters. The van der Waals surface area contributed by atoms with E-state index in [0.717, 1.165) is 0 Å². The molecule has 1 rings (SSSR count). The molecule has 1 aromatic carbocycles. The molecule has 0 aliphatic heterocycles. The normalized spacial score (nSPS) is 12.6. The van der Waals surface area contributed by atoms with E-state index in [1.807, 2.05) is 0 Å². The van der Waals surface area contributed by atoms with Crippen LogP contribution in [0.5, 0.6) is 0 Å². The van der Waals surface area contributed by atoms with E-state index in [2.05, 4.69) is 5.32 Å². The van der Waals surface area contributed by atoms with Crippen LogP contribution in [0, 0.1) is 0 Å². The van der Waals surface area contributed by atoms with Crippen molar-refractivity contribution >= 4 is 15.7 Å². The smallest absolute Gasteiger partial charge is 0.251 e. The summed E-state index contributed by atoms with van der Waals surface area (Å²) in [7, 11) is -2.18. The van der Waals surface area contributed by atoms with Gasteiger partial charge < -0.3 is 35.1 Å². The van der Waals surface area contributed by atoms with Crippen molar-refractivity contribution in [3.63, 3.8) is 0 Å². The second kappa shape index (κ2) is 17.0. The lowest BCUT2D eigenvalue weighted by Gasteiger charge is -2.12. The number of sulfone groups is 1. The fourth-order valence-corrected chi connectivity index (χ4v) is 4.15. The van der Waals surface area contributed by atoms with Crippen molar-refractivity contribution in [3.05, 3.63) is 29.8 Å². The van der Waals surface area contributed by atoms with Gasteiger partial charge in [0, 0.05) is 32.4 Å². The van der Waals surface area contributed by atoms with Gasteiger partial charge in [0.15, 0.2) is 9.84 Å². The van der Waals surface area contributed by atoms with E-state index in [1.165, 1.54) is 24.3 Å². The van der Waals surface area contributed by atoms with Crippen LogP contribution in [-0.2, 0) is 28.8 Å². The standard InChI is InChI=1S/C21H36N2O8S/c1-28-9-3-5-19(24)17-32(26,27)20-6-2-4-18(16-20)21(25)23-8-11-30-13-15-31-14-12-29-10-7-22/h2,4,6,16,19,24H,3,5,7-15,17,22H2,1H3,(H,23,25). The second-order valence-electron chi connectivity index (χ2n) is 6.98. The molecule has 4 N–H and O–H groups in total. The number of ether oxygens (including phenoxy) is 4. The highest BCUT2D eigenvalue weighted by atomic mass is 32.2. The monoisotopic (exact) mass is 476 g/mol. The fraction of sp³-hybridized carbons (Fsp3) is 0.667. The van der Waals surface area contributed by atoms with E-state index in [1.54, 1.807) is 7.11 Å². The van der Waals surface area contributed by atoms with Crippen LogP contribution < -0.4 is 11.1 Å². The highest BCUT2D eigenvalue weighted by molar-refractivity contribution is 7.91. The molecule has 0 aromatic heterocycles. The van der Waals surface area contributed by atoms with Gasteiger partial charge in [0.1, 0.15) is 0 Å². The van der Waals surface area contributed by atoms with Gasteiger partial charge in [-0.25, -0.2) is 8.42 Å². The minimum Gasteiger partial charge on any atom is -0.392 e. The Morgan fingerprint density at radius 2 is 1.72 bits per heavy atom. The van der Waals surface area contributed by atoms with Gasteiger partial charge in [-0.15, -0.1) is 0 Å². The SMILES string of the molecule is COCCCC(O)CS(=O)(=O)c1cccc(C(=O)NCCOCCOCCOCCN)c1. The number of amides is 1.